The molecular weight excluding hydrogens is 328 g/mol. The zero-order chi connectivity index (χ0) is 16.9. The van der Waals surface area contributed by atoms with Crippen molar-refractivity contribution in [3.63, 3.8) is 0 Å². The standard InChI is InChI=1S/C16H16N4O3S/c1-3-22-12-7-5-11(6-8-12)13-9-24-15(20-10-17-18-19-20)14(13)16(21)23-4-2/h5-10H,3-4H2,1-2H3. The van der Waals surface area contributed by atoms with Gasteiger partial charge in [-0.3, -0.25) is 0 Å². The normalized spacial score (nSPS) is 10.6. The number of nitrogens with zero attached hydrogens (tertiary/aromatic N) is 4. The van der Waals surface area contributed by atoms with Crippen LogP contribution in [0.15, 0.2) is 36.0 Å². The van der Waals surface area contributed by atoms with Gasteiger partial charge in [-0.25, -0.2) is 4.79 Å². The van der Waals surface area contributed by atoms with Gasteiger partial charge in [0.25, 0.3) is 0 Å². The number of carbonyl (C=O) groups is 1. The quantitative estimate of drug-likeness (QED) is 0.640. The van der Waals surface area contributed by atoms with Crippen molar-refractivity contribution < 1.29 is 14.3 Å². The van der Waals surface area contributed by atoms with Gasteiger partial charge >= 0.3 is 5.97 Å². The van der Waals surface area contributed by atoms with Crippen LogP contribution in [0.3, 0.4) is 0 Å². The molecule has 0 amide bonds. The van der Waals surface area contributed by atoms with E-state index in [4.69, 9.17) is 9.47 Å². The molecule has 7 nitrogen and oxygen atoms in total. The van der Waals surface area contributed by atoms with Crippen LogP contribution in [0.4, 0.5) is 0 Å². The third-order valence-electron chi connectivity index (χ3n) is 3.28. The lowest BCUT2D eigenvalue weighted by atomic mass is 10.0. The predicted molar refractivity (Wildman–Crippen MR) is 89.6 cm³/mol. The van der Waals surface area contributed by atoms with Gasteiger partial charge in [0.1, 0.15) is 22.6 Å². The molecule has 24 heavy (non-hydrogen) atoms. The van der Waals surface area contributed by atoms with E-state index in [0.717, 1.165) is 16.9 Å². The number of ether oxygens (including phenoxy) is 2. The second-order valence-corrected chi connectivity index (χ2v) is 5.62. The molecule has 2 heterocycles. The number of hydrogen-bond donors (Lipinski definition) is 0. The van der Waals surface area contributed by atoms with Gasteiger partial charge in [0, 0.05) is 10.9 Å². The summed E-state index contributed by atoms with van der Waals surface area (Å²) in [5.74, 6) is 0.392. The van der Waals surface area contributed by atoms with Crippen molar-refractivity contribution >= 4 is 17.3 Å². The van der Waals surface area contributed by atoms with Gasteiger partial charge in [0.15, 0.2) is 0 Å². The van der Waals surface area contributed by atoms with E-state index in [1.54, 1.807) is 6.92 Å². The number of esters is 1. The first-order valence-corrected chi connectivity index (χ1v) is 8.37. The Balaban J connectivity index is 2.05. The number of hydrogen-bond acceptors (Lipinski definition) is 7. The van der Waals surface area contributed by atoms with Gasteiger partial charge in [0.2, 0.25) is 0 Å². The maximum Gasteiger partial charge on any atom is 0.341 e. The fourth-order valence-corrected chi connectivity index (χ4v) is 3.27. The van der Waals surface area contributed by atoms with Crippen molar-refractivity contribution in [2.75, 3.05) is 13.2 Å². The monoisotopic (exact) mass is 344 g/mol. The van der Waals surface area contributed by atoms with Gasteiger partial charge in [-0.1, -0.05) is 12.1 Å². The maximum atomic E-state index is 12.5. The number of thiophene rings is 1. The first kappa shape index (κ1) is 16.1. The second kappa shape index (κ2) is 7.22. The minimum atomic E-state index is -0.395. The second-order valence-electron chi connectivity index (χ2n) is 4.76. The summed E-state index contributed by atoms with van der Waals surface area (Å²) in [7, 11) is 0. The summed E-state index contributed by atoms with van der Waals surface area (Å²) in [6.07, 6.45) is 1.45. The molecule has 0 aliphatic rings. The zero-order valence-corrected chi connectivity index (χ0v) is 14.1. The molecule has 3 rings (SSSR count). The largest absolute Gasteiger partial charge is 0.494 e. The fourth-order valence-electron chi connectivity index (χ4n) is 2.28. The van der Waals surface area contributed by atoms with Gasteiger partial charge < -0.3 is 9.47 Å². The van der Waals surface area contributed by atoms with Gasteiger partial charge in [0.05, 0.1) is 13.2 Å². The Kier molecular flexibility index (Phi) is 4.85. The topological polar surface area (TPSA) is 79.1 Å². The van der Waals surface area contributed by atoms with E-state index in [9.17, 15) is 4.79 Å². The van der Waals surface area contributed by atoms with E-state index in [2.05, 4.69) is 15.5 Å². The van der Waals surface area contributed by atoms with Gasteiger partial charge in [-0.05, 0) is 42.0 Å². The Morgan fingerprint density at radius 3 is 2.62 bits per heavy atom. The van der Waals surface area contributed by atoms with Crippen LogP contribution < -0.4 is 4.74 Å². The van der Waals surface area contributed by atoms with Gasteiger partial charge in [-0.15, -0.1) is 16.4 Å². The molecule has 0 radical (unpaired) electrons. The molecule has 0 saturated heterocycles. The smallest absolute Gasteiger partial charge is 0.341 e. The van der Waals surface area contributed by atoms with E-state index in [1.165, 1.54) is 22.3 Å². The highest BCUT2D eigenvalue weighted by Gasteiger charge is 2.23. The molecular formula is C16H16N4O3S. The molecule has 0 atom stereocenters. The van der Waals surface area contributed by atoms with Crippen molar-refractivity contribution in [1.82, 2.24) is 20.2 Å². The summed E-state index contributed by atoms with van der Waals surface area (Å²) in [6, 6.07) is 7.59. The molecule has 8 heteroatoms. The molecule has 0 unspecified atom stereocenters. The predicted octanol–water partition coefficient (Wildman–Crippen LogP) is 2.97. The first-order valence-electron chi connectivity index (χ1n) is 7.49. The van der Waals surface area contributed by atoms with E-state index >= 15 is 0 Å². The Morgan fingerprint density at radius 2 is 2.00 bits per heavy atom. The molecule has 0 fully saturated rings. The van der Waals surface area contributed by atoms with Crippen LogP contribution in [0.5, 0.6) is 5.75 Å². The minimum absolute atomic E-state index is 0.298. The lowest BCUT2D eigenvalue weighted by molar-refractivity contribution is 0.0528. The van der Waals surface area contributed by atoms with Crippen molar-refractivity contribution in [1.29, 1.82) is 0 Å². The number of benzene rings is 1. The number of tetrazole rings is 1. The summed E-state index contributed by atoms with van der Waals surface area (Å²) < 4.78 is 12.1. The SMILES string of the molecule is CCOC(=O)c1c(-c2ccc(OCC)cc2)csc1-n1cnnn1. The average molecular weight is 344 g/mol. The van der Waals surface area contributed by atoms with Gasteiger partial charge in [-0.2, -0.15) is 4.68 Å². The highest BCUT2D eigenvalue weighted by molar-refractivity contribution is 7.13. The highest BCUT2D eigenvalue weighted by Crippen LogP contribution is 2.35. The summed E-state index contributed by atoms with van der Waals surface area (Å²) in [4.78, 5) is 12.5. The van der Waals surface area contributed by atoms with Crippen LogP contribution in [0.2, 0.25) is 0 Å². The third-order valence-corrected chi connectivity index (χ3v) is 4.25. The summed E-state index contributed by atoms with van der Waals surface area (Å²) >= 11 is 1.39. The van der Waals surface area contributed by atoms with Crippen LogP contribution in [-0.4, -0.2) is 39.4 Å². The molecule has 0 N–H and O–H groups in total. The van der Waals surface area contributed by atoms with Crippen LogP contribution >= 0.6 is 11.3 Å². The van der Waals surface area contributed by atoms with Crippen molar-refractivity contribution in [2.45, 2.75) is 13.8 Å². The fraction of sp³-hybridized carbons (Fsp3) is 0.250. The van der Waals surface area contributed by atoms with E-state index in [0.29, 0.717) is 23.8 Å². The van der Waals surface area contributed by atoms with Crippen LogP contribution in [0, 0.1) is 0 Å². The van der Waals surface area contributed by atoms with E-state index in [-0.39, 0.29) is 0 Å². The summed E-state index contributed by atoms with van der Waals surface area (Å²) in [5.41, 5.74) is 2.14. The van der Waals surface area contributed by atoms with E-state index in [1.807, 2.05) is 36.6 Å². The molecule has 0 saturated carbocycles. The Labute approximate surface area is 142 Å². The molecule has 2 aromatic heterocycles. The Hall–Kier alpha value is -2.74. The Bertz CT molecular complexity index is 812. The first-order chi connectivity index (χ1) is 11.7. The minimum Gasteiger partial charge on any atom is -0.494 e. The molecule has 0 aliphatic carbocycles. The van der Waals surface area contributed by atoms with Crippen LogP contribution in [0.1, 0.15) is 24.2 Å². The van der Waals surface area contributed by atoms with Crippen LogP contribution in [0.25, 0.3) is 16.1 Å². The lowest BCUT2D eigenvalue weighted by Crippen LogP contribution is -2.09. The number of carbonyl (C=O) groups excluding carboxylic acids is 1. The summed E-state index contributed by atoms with van der Waals surface area (Å²) in [5, 5.41) is 13.7. The Morgan fingerprint density at radius 1 is 1.21 bits per heavy atom. The third kappa shape index (κ3) is 3.13. The maximum absolute atomic E-state index is 12.5. The molecule has 1 aromatic carbocycles. The zero-order valence-electron chi connectivity index (χ0n) is 13.3. The molecule has 124 valence electrons. The van der Waals surface area contributed by atoms with E-state index < -0.39 is 5.97 Å². The number of aromatic nitrogens is 4. The van der Waals surface area contributed by atoms with Crippen LogP contribution in [-0.2, 0) is 4.74 Å². The molecule has 0 bridgehead atoms. The van der Waals surface area contributed by atoms with Crippen molar-refractivity contribution in [2.24, 2.45) is 0 Å². The molecule has 3 aromatic rings. The summed E-state index contributed by atoms with van der Waals surface area (Å²) in [6.45, 7) is 4.61. The lowest BCUT2D eigenvalue weighted by Gasteiger charge is -2.08. The molecule has 0 spiro atoms. The van der Waals surface area contributed by atoms with Crippen molar-refractivity contribution in [3.8, 4) is 21.9 Å². The number of rotatable bonds is 6. The average Bonchev–Trinajstić information content (AvgIpc) is 3.25. The highest BCUT2D eigenvalue weighted by atomic mass is 32.1. The molecule has 0 aliphatic heterocycles. The van der Waals surface area contributed by atoms with Crippen molar-refractivity contribution in [3.05, 3.63) is 41.5 Å².